The second-order valence-electron chi connectivity index (χ2n) is 4.51. The number of imidazole rings is 1. The van der Waals surface area contributed by atoms with Gasteiger partial charge in [0, 0.05) is 17.1 Å². The fourth-order valence-electron chi connectivity index (χ4n) is 2.24. The molecule has 1 N–H and O–H groups in total. The van der Waals surface area contributed by atoms with E-state index in [-0.39, 0.29) is 5.56 Å². The first-order chi connectivity index (χ1) is 10.1. The maximum atomic E-state index is 12.1. The second-order valence-corrected chi connectivity index (χ2v) is 4.95. The number of nitrogens with zero attached hydrogens (tertiary/aromatic N) is 3. The van der Waals surface area contributed by atoms with Crippen molar-refractivity contribution in [3.8, 4) is 11.4 Å². The number of H-pyrrole nitrogens is 1. The molecule has 6 heteroatoms. The molecular formula is C15H13ClN4O. The van der Waals surface area contributed by atoms with E-state index >= 15 is 0 Å². The van der Waals surface area contributed by atoms with E-state index in [4.69, 9.17) is 11.6 Å². The van der Waals surface area contributed by atoms with Crippen LogP contribution < -0.4 is 5.56 Å². The highest BCUT2D eigenvalue weighted by molar-refractivity contribution is 6.30. The van der Waals surface area contributed by atoms with Crippen molar-refractivity contribution in [3.63, 3.8) is 0 Å². The molecule has 106 valence electrons. The zero-order valence-electron chi connectivity index (χ0n) is 11.4. The Bertz CT molecular complexity index is 877. The van der Waals surface area contributed by atoms with E-state index in [0.717, 1.165) is 5.56 Å². The Morgan fingerprint density at radius 3 is 2.67 bits per heavy atom. The fraction of sp³-hybridized carbons (Fsp3) is 0.133. The fourth-order valence-corrected chi connectivity index (χ4v) is 2.37. The number of halogens is 1. The molecule has 2 heterocycles. The van der Waals surface area contributed by atoms with Crippen LogP contribution in [0.3, 0.4) is 0 Å². The van der Waals surface area contributed by atoms with Gasteiger partial charge in [0.25, 0.3) is 5.56 Å². The highest BCUT2D eigenvalue weighted by Crippen LogP contribution is 2.23. The largest absolute Gasteiger partial charge is 0.309 e. The maximum Gasteiger partial charge on any atom is 0.279 e. The molecule has 5 nitrogen and oxygen atoms in total. The van der Waals surface area contributed by atoms with E-state index < -0.39 is 0 Å². The van der Waals surface area contributed by atoms with Gasteiger partial charge in [0.15, 0.2) is 11.2 Å². The van der Waals surface area contributed by atoms with Crippen LogP contribution >= 0.6 is 11.6 Å². The van der Waals surface area contributed by atoms with Crippen molar-refractivity contribution in [1.29, 1.82) is 0 Å². The third-order valence-electron chi connectivity index (χ3n) is 3.24. The number of aromatic amines is 1. The predicted molar refractivity (Wildman–Crippen MR) is 84.4 cm³/mol. The third kappa shape index (κ3) is 2.25. The molecule has 0 bridgehead atoms. The molecule has 0 aliphatic heterocycles. The standard InChI is InChI=1S/C15H13ClN4O/c1-3-11-17-14-12(15(21)18-11)19-13(20(14)4-2)9-5-7-10(16)8-6-9/h3,5-8H,1,4H2,2H3,(H,17,18,21). The Kier molecular flexibility index (Phi) is 3.35. The van der Waals surface area contributed by atoms with E-state index in [2.05, 4.69) is 21.5 Å². The first-order valence-electron chi connectivity index (χ1n) is 6.53. The van der Waals surface area contributed by atoms with Crippen molar-refractivity contribution < 1.29 is 0 Å². The minimum absolute atomic E-state index is 0.266. The SMILES string of the molecule is C=Cc1nc2c(nc(-c3ccc(Cl)cc3)n2CC)c(=O)[nH]1. The number of aryl methyl sites for hydroxylation is 1. The number of nitrogens with one attached hydrogen (secondary N) is 1. The van der Waals surface area contributed by atoms with Crippen LogP contribution in [0.4, 0.5) is 0 Å². The van der Waals surface area contributed by atoms with Gasteiger partial charge in [-0.15, -0.1) is 0 Å². The molecule has 0 aliphatic rings. The van der Waals surface area contributed by atoms with Crippen LogP contribution in [0.25, 0.3) is 28.6 Å². The molecule has 3 aromatic rings. The van der Waals surface area contributed by atoms with Gasteiger partial charge < -0.3 is 9.55 Å². The summed E-state index contributed by atoms with van der Waals surface area (Å²) >= 11 is 5.91. The highest BCUT2D eigenvalue weighted by atomic mass is 35.5. The van der Waals surface area contributed by atoms with Crippen molar-refractivity contribution in [2.45, 2.75) is 13.5 Å². The van der Waals surface area contributed by atoms with Crippen LogP contribution in [0.2, 0.25) is 5.02 Å². The van der Waals surface area contributed by atoms with Gasteiger partial charge in [0.1, 0.15) is 11.6 Å². The van der Waals surface area contributed by atoms with Crippen LogP contribution in [-0.2, 0) is 6.54 Å². The van der Waals surface area contributed by atoms with E-state index in [0.29, 0.717) is 34.4 Å². The average molecular weight is 301 g/mol. The van der Waals surface area contributed by atoms with Gasteiger partial charge in [-0.25, -0.2) is 9.97 Å². The van der Waals surface area contributed by atoms with Crippen LogP contribution in [0.5, 0.6) is 0 Å². The van der Waals surface area contributed by atoms with E-state index in [1.807, 2.05) is 23.6 Å². The van der Waals surface area contributed by atoms with Gasteiger partial charge >= 0.3 is 0 Å². The molecule has 0 fully saturated rings. The lowest BCUT2D eigenvalue weighted by atomic mass is 10.2. The Labute approximate surface area is 125 Å². The summed E-state index contributed by atoms with van der Waals surface area (Å²) in [5.74, 6) is 1.13. The van der Waals surface area contributed by atoms with E-state index in [1.165, 1.54) is 6.08 Å². The molecule has 0 aliphatic carbocycles. The average Bonchev–Trinajstić information content (AvgIpc) is 2.87. The molecule has 1 aromatic carbocycles. The minimum atomic E-state index is -0.266. The molecule has 3 rings (SSSR count). The van der Waals surface area contributed by atoms with Crippen LogP contribution in [-0.4, -0.2) is 19.5 Å². The van der Waals surface area contributed by atoms with Crippen LogP contribution in [0.15, 0.2) is 35.6 Å². The first kappa shape index (κ1) is 13.6. The van der Waals surface area contributed by atoms with Gasteiger partial charge in [-0.2, -0.15) is 0 Å². The Morgan fingerprint density at radius 2 is 2.05 bits per heavy atom. The summed E-state index contributed by atoms with van der Waals surface area (Å²) in [6.45, 7) is 6.27. The third-order valence-corrected chi connectivity index (χ3v) is 3.49. The molecule has 0 saturated heterocycles. The number of aromatic nitrogens is 4. The molecule has 0 radical (unpaired) electrons. The zero-order valence-corrected chi connectivity index (χ0v) is 12.2. The van der Waals surface area contributed by atoms with Gasteiger partial charge in [0.2, 0.25) is 0 Å². The number of benzene rings is 1. The Hall–Kier alpha value is -2.40. The number of fused-ring (bicyclic) bond motifs is 1. The summed E-state index contributed by atoms with van der Waals surface area (Å²) in [5, 5.41) is 0.655. The van der Waals surface area contributed by atoms with Crippen molar-refractivity contribution in [1.82, 2.24) is 19.5 Å². The Balaban J connectivity index is 2.33. The van der Waals surface area contributed by atoms with E-state index in [9.17, 15) is 4.79 Å². The van der Waals surface area contributed by atoms with Gasteiger partial charge in [-0.1, -0.05) is 18.2 Å². The van der Waals surface area contributed by atoms with Crippen LogP contribution in [0.1, 0.15) is 12.7 Å². The van der Waals surface area contributed by atoms with Crippen molar-refractivity contribution in [2.75, 3.05) is 0 Å². The first-order valence-corrected chi connectivity index (χ1v) is 6.90. The smallest absolute Gasteiger partial charge is 0.279 e. The lowest BCUT2D eigenvalue weighted by Crippen LogP contribution is -2.10. The molecule has 0 unspecified atom stereocenters. The van der Waals surface area contributed by atoms with Gasteiger partial charge in [0.05, 0.1) is 0 Å². The zero-order chi connectivity index (χ0) is 15.0. The van der Waals surface area contributed by atoms with Gasteiger partial charge in [-0.05, 0) is 37.3 Å². The van der Waals surface area contributed by atoms with E-state index in [1.54, 1.807) is 12.1 Å². The Morgan fingerprint density at radius 1 is 1.33 bits per heavy atom. The minimum Gasteiger partial charge on any atom is -0.309 e. The summed E-state index contributed by atoms with van der Waals surface area (Å²) in [7, 11) is 0. The second kappa shape index (κ2) is 5.18. The predicted octanol–water partition coefficient (Wildman–Crippen LogP) is 3.10. The quantitative estimate of drug-likeness (QED) is 0.808. The maximum absolute atomic E-state index is 12.1. The number of rotatable bonds is 3. The summed E-state index contributed by atoms with van der Waals surface area (Å²) in [6.07, 6.45) is 1.51. The highest BCUT2D eigenvalue weighted by Gasteiger charge is 2.15. The molecule has 0 spiro atoms. The summed E-state index contributed by atoms with van der Waals surface area (Å²) < 4.78 is 1.90. The summed E-state index contributed by atoms with van der Waals surface area (Å²) in [4.78, 5) is 23.6. The topological polar surface area (TPSA) is 63.6 Å². The molecule has 21 heavy (non-hydrogen) atoms. The summed E-state index contributed by atoms with van der Waals surface area (Å²) in [5.41, 5.74) is 1.50. The number of hydrogen-bond donors (Lipinski definition) is 1. The lowest BCUT2D eigenvalue weighted by molar-refractivity contribution is 0.785. The molecule has 2 aromatic heterocycles. The molecular weight excluding hydrogens is 288 g/mol. The molecule has 0 atom stereocenters. The lowest BCUT2D eigenvalue weighted by Gasteiger charge is -2.05. The monoisotopic (exact) mass is 300 g/mol. The van der Waals surface area contributed by atoms with Crippen molar-refractivity contribution >= 4 is 28.8 Å². The number of hydrogen-bond acceptors (Lipinski definition) is 3. The van der Waals surface area contributed by atoms with Crippen LogP contribution in [0, 0.1) is 0 Å². The molecule has 0 amide bonds. The van der Waals surface area contributed by atoms with Gasteiger partial charge in [-0.3, -0.25) is 4.79 Å². The molecule has 0 saturated carbocycles. The van der Waals surface area contributed by atoms with Crippen molar-refractivity contribution in [3.05, 3.63) is 52.0 Å². The normalized spacial score (nSPS) is 11.0. The van der Waals surface area contributed by atoms with Crippen molar-refractivity contribution in [2.24, 2.45) is 0 Å². The summed E-state index contributed by atoms with van der Waals surface area (Å²) in [6, 6.07) is 7.34.